The average molecular weight is 343 g/mol. The summed E-state index contributed by atoms with van der Waals surface area (Å²) in [6.45, 7) is 9.51. The fourth-order valence-corrected chi connectivity index (χ4v) is 8.45. The molecule has 4 saturated carbocycles. The van der Waals surface area contributed by atoms with Crippen LogP contribution in [0.3, 0.4) is 0 Å². The second-order valence-corrected chi connectivity index (χ2v) is 10.5. The molecule has 0 saturated heterocycles. The standard InChI is InChI=1S/C24H38O/c1-5-8-16(2)19-12-13-20-18-11-10-17-9-6-7-14-23(17,3)22(18)21(25)15-24(19,20)4/h5,8,16-20,22H,6-7,9-15H2,1-4H3/t16-,17?,18+,19-,20+,22-,23+,24-/m1/s1. The molecular formula is C24H38O. The van der Waals surface area contributed by atoms with Gasteiger partial charge in [0.1, 0.15) is 5.78 Å². The SMILES string of the molecule is CC=C[C@@H](C)[C@H]1CC[C@H]2[C@@H]3CCC4CCCC[C@]4(C)[C@H]3C(=O)C[C@]12C. The molecule has 1 unspecified atom stereocenters. The van der Waals surface area contributed by atoms with E-state index in [1.54, 1.807) is 0 Å². The zero-order chi connectivity index (χ0) is 17.8. The van der Waals surface area contributed by atoms with E-state index in [1.165, 1.54) is 51.4 Å². The van der Waals surface area contributed by atoms with E-state index in [-0.39, 0.29) is 5.41 Å². The highest BCUT2D eigenvalue weighted by atomic mass is 16.1. The third-order valence-electron chi connectivity index (χ3n) is 9.47. The molecule has 4 aliphatic rings. The fourth-order valence-electron chi connectivity index (χ4n) is 8.45. The van der Waals surface area contributed by atoms with Crippen molar-refractivity contribution in [3.8, 4) is 0 Å². The van der Waals surface area contributed by atoms with Crippen LogP contribution in [0.25, 0.3) is 0 Å². The van der Waals surface area contributed by atoms with Crippen molar-refractivity contribution in [2.24, 2.45) is 46.3 Å². The molecule has 0 aliphatic heterocycles. The van der Waals surface area contributed by atoms with Crippen LogP contribution in [-0.4, -0.2) is 5.78 Å². The Morgan fingerprint density at radius 3 is 2.60 bits per heavy atom. The lowest BCUT2D eigenvalue weighted by atomic mass is 9.44. The smallest absolute Gasteiger partial charge is 0.137 e. The van der Waals surface area contributed by atoms with E-state index in [1.807, 2.05) is 0 Å². The van der Waals surface area contributed by atoms with E-state index in [9.17, 15) is 4.79 Å². The molecule has 0 radical (unpaired) electrons. The van der Waals surface area contributed by atoms with Crippen LogP contribution in [0.2, 0.25) is 0 Å². The Morgan fingerprint density at radius 1 is 1.04 bits per heavy atom. The van der Waals surface area contributed by atoms with Crippen LogP contribution in [0.5, 0.6) is 0 Å². The van der Waals surface area contributed by atoms with Crippen LogP contribution in [-0.2, 0) is 4.79 Å². The van der Waals surface area contributed by atoms with E-state index >= 15 is 0 Å². The van der Waals surface area contributed by atoms with Gasteiger partial charge in [0, 0.05) is 12.3 Å². The van der Waals surface area contributed by atoms with Crippen LogP contribution in [0, 0.1) is 46.3 Å². The summed E-state index contributed by atoms with van der Waals surface area (Å²) in [7, 11) is 0. The number of rotatable bonds is 2. The number of hydrogen-bond donors (Lipinski definition) is 0. The van der Waals surface area contributed by atoms with Gasteiger partial charge in [0.2, 0.25) is 0 Å². The van der Waals surface area contributed by atoms with Crippen LogP contribution >= 0.6 is 0 Å². The number of hydrogen-bond acceptors (Lipinski definition) is 1. The Hall–Kier alpha value is -0.590. The van der Waals surface area contributed by atoms with Crippen molar-refractivity contribution in [3.63, 3.8) is 0 Å². The summed E-state index contributed by atoms with van der Waals surface area (Å²) in [6.07, 6.45) is 16.4. The summed E-state index contributed by atoms with van der Waals surface area (Å²) in [5, 5.41) is 0. The molecule has 4 rings (SSSR count). The molecule has 0 amide bonds. The molecule has 1 heteroatoms. The Kier molecular flexibility index (Phi) is 4.44. The second-order valence-electron chi connectivity index (χ2n) is 10.5. The van der Waals surface area contributed by atoms with Crippen LogP contribution in [0.1, 0.15) is 85.5 Å². The van der Waals surface area contributed by atoms with Crippen molar-refractivity contribution in [3.05, 3.63) is 12.2 Å². The minimum atomic E-state index is 0.259. The molecule has 25 heavy (non-hydrogen) atoms. The number of fused-ring (bicyclic) bond motifs is 5. The molecule has 4 fully saturated rings. The maximum Gasteiger partial charge on any atom is 0.137 e. The molecule has 0 heterocycles. The summed E-state index contributed by atoms with van der Waals surface area (Å²) < 4.78 is 0. The van der Waals surface area contributed by atoms with E-state index in [0.29, 0.717) is 34.9 Å². The van der Waals surface area contributed by atoms with Gasteiger partial charge in [-0.25, -0.2) is 0 Å². The van der Waals surface area contributed by atoms with Gasteiger partial charge in [-0.05, 0) is 85.9 Å². The number of allylic oxidation sites excluding steroid dienone is 2. The molecule has 0 aromatic rings. The van der Waals surface area contributed by atoms with Gasteiger partial charge in [-0.1, -0.05) is 45.8 Å². The minimum absolute atomic E-state index is 0.259. The maximum absolute atomic E-state index is 13.5. The summed E-state index contributed by atoms with van der Waals surface area (Å²) in [6, 6.07) is 0. The first-order valence-electron chi connectivity index (χ1n) is 11.1. The van der Waals surface area contributed by atoms with Crippen molar-refractivity contribution >= 4 is 5.78 Å². The zero-order valence-electron chi connectivity index (χ0n) is 16.9. The third kappa shape index (κ3) is 2.51. The molecule has 0 N–H and O–H groups in total. The summed E-state index contributed by atoms with van der Waals surface area (Å²) in [4.78, 5) is 13.5. The lowest BCUT2D eigenvalue weighted by Crippen LogP contribution is -2.57. The van der Waals surface area contributed by atoms with Gasteiger partial charge < -0.3 is 0 Å². The van der Waals surface area contributed by atoms with Gasteiger partial charge in [-0.3, -0.25) is 4.79 Å². The summed E-state index contributed by atoms with van der Waals surface area (Å²) in [5.74, 6) is 4.68. The quantitative estimate of drug-likeness (QED) is 0.529. The molecule has 0 aromatic carbocycles. The highest BCUT2D eigenvalue weighted by molar-refractivity contribution is 5.84. The lowest BCUT2D eigenvalue weighted by molar-refractivity contribution is -0.158. The molecule has 140 valence electrons. The Labute approximate surface area is 155 Å². The number of carbonyl (C=O) groups excluding carboxylic acids is 1. The zero-order valence-corrected chi connectivity index (χ0v) is 16.9. The van der Waals surface area contributed by atoms with E-state index in [4.69, 9.17) is 0 Å². The van der Waals surface area contributed by atoms with E-state index in [0.717, 1.165) is 18.3 Å². The molecule has 0 spiro atoms. The van der Waals surface area contributed by atoms with Crippen LogP contribution < -0.4 is 0 Å². The maximum atomic E-state index is 13.5. The highest BCUT2D eigenvalue weighted by Crippen LogP contribution is 2.67. The van der Waals surface area contributed by atoms with Gasteiger partial charge in [0.25, 0.3) is 0 Å². The topological polar surface area (TPSA) is 17.1 Å². The fraction of sp³-hybridized carbons (Fsp3) is 0.875. The number of carbonyl (C=O) groups is 1. The molecule has 0 bridgehead atoms. The largest absolute Gasteiger partial charge is 0.299 e. The predicted molar refractivity (Wildman–Crippen MR) is 104 cm³/mol. The van der Waals surface area contributed by atoms with Crippen molar-refractivity contribution in [2.45, 2.75) is 85.5 Å². The molecule has 1 nitrogen and oxygen atoms in total. The summed E-state index contributed by atoms with van der Waals surface area (Å²) in [5.41, 5.74) is 0.585. The first kappa shape index (κ1) is 17.8. The Balaban J connectivity index is 1.66. The lowest BCUT2D eigenvalue weighted by Gasteiger charge is -2.59. The van der Waals surface area contributed by atoms with E-state index in [2.05, 4.69) is 39.8 Å². The first-order valence-corrected chi connectivity index (χ1v) is 11.1. The molecule has 4 aliphatic carbocycles. The van der Waals surface area contributed by atoms with Crippen molar-refractivity contribution in [1.82, 2.24) is 0 Å². The van der Waals surface area contributed by atoms with Gasteiger partial charge in [-0.15, -0.1) is 0 Å². The Morgan fingerprint density at radius 2 is 1.84 bits per heavy atom. The molecule has 8 atom stereocenters. The van der Waals surface area contributed by atoms with E-state index < -0.39 is 0 Å². The monoisotopic (exact) mass is 342 g/mol. The van der Waals surface area contributed by atoms with Crippen molar-refractivity contribution < 1.29 is 4.79 Å². The first-order chi connectivity index (χ1) is 11.9. The van der Waals surface area contributed by atoms with Gasteiger partial charge in [-0.2, -0.15) is 0 Å². The average Bonchev–Trinajstić information content (AvgIpc) is 2.90. The normalized spacial score (nSPS) is 51.0. The third-order valence-corrected chi connectivity index (χ3v) is 9.47. The highest BCUT2D eigenvalue weighted by Gasteiger charge is 2.62. The van der Waals surface area contributed by atoms with Gasteiger partial charge in [0.15, 0.2) is 0 Å². The minimum Gasteiger partial charge on any atom is -0.299 e. The second kappa shape index (κ2) is 6.24. The van der Waals surface area contributed by atoms with Crippen LogP contribution in [0.4, 0.5) is 0 Å². The number of Topliss-reactive ketones (excluding diaryl/α,β-unsaturated/α-hetero) is 1. The van der Waals surface area contributed by atoms with Crippen molar-refractivity contribution in [1.29, 1.82) is 0 Å². The summed E-state index contributed by atoms with van der Waals surface area (Å²) >= 11 is 0. The number of ketones is 1. The predicted octanol–water partition coefficient (Wildman–Crippen LogP) is 6.43. The Bertz CT molecular complexity index is 562. The molecule has 0 aromatic heterocycles. The molecular weight excluding hydrogens is 304 g/mol. The van der Waals surface area contributed by atoms with Crippen LogP contribution in [0.15, 0.2) is 12.2 Å². The van der Waals surface area contributed by atoms with Gasteiger partial charge >= 0.3 is 0 Å². The van der Waals surface area contributed by atoms with Gasteiger partial charge in [0.05, 0.1) is 0 Å². The van der Waals surface area contributed by atoms with Crippen molar-refractivity contribution in [2.75, 3.05) is 0 Å².